The molecule has 0 spiro atoms. The van der Waals surface area contributed by atoms with Gasteiger partial charge in [0.2, 0.25) is 5.91 Å². The number of nitrogens with two attached hydrogens (primary N) is 1. The van der Waals surface area contributed by atoms with Crippen molar-refractivity contribution < 1.29 is 9.59 Å². The summed E-state index contributed by atoms with van der Waals surface area (Å²) in [6.45, 7) is 8.52. The summed E-state index contributed by atoms with van der Waals surface area (Å²) in [4.78, 5) is 27.4. The van der Waals surface area contributed by atoms with E-state index in [0.717, 1.165) is 16.1 Å². The minimum absolute atomic E-state index is 0.0435. The Morgan fingerprint density at radius 3 is 2.73 bits per heavy atom. The third-order valence-corrected chi connectivity index (χ3v) is 4.67. The average molecular weight is 321 g/mol. The van der Waals surface area contributed by atoms with Crippen molar-refractivity contribution in [3.05, 3.63) is 23.3 Å². The van der Waals surface area contributed by atoms with Crippen LogP contribution in [-0.4, -0.2) is 36.2 Å². The molecule has 1 heterocycles. The highest BCUT2D eigenvalue weighted by Crippen LogP contribution is 2.40. The molecule has 120 valence electrons. The Labute approximate surface area is 135 Å². The Kier molecular flexibility index (Phi) is 5.13. The highest BCUT2D eigenvalue weighted by molar-refractivity contribution is 8.01. The Morgan fingerprint density at radius 2 is 2.14 bits per heavy atom. The number of fused-ring (bicyclic) bond motifs is 1. The number of nitrogens with one attached hydrogen (secondary N) is 1. The first-order valence-electron chi connectivity index (χ1n) is 7.48. The number of nitrogens with zero attached hydrogens (tertiary/aromatic N) is 1. The molecule has 1 atom stereocenters. The van der Waals surface area contributed by atoms with Gasteiger partial charge in [0.25, 0.3) is 5.91 Å². The van der Waals surface area contributed by atoms with E-state index in [1.807, 2.05) is 39.8 Å². The molecule has 5 nitrogen and oxygen atoms in total. The molecule has 1 aromatic rings. The number of aryl methyl sites for hydroxylation is 1. The van der Waals surface area contributed by atoms with Crippen LogP contribution in [0.3, 0.4) is 0 Å². The number of amides is 2. The zero-order valence-corrected chi connectivity index (χ0v) is 14.3. The standard InChI is InChI=1S/C16H23N3O2S/c1-9(2)18-15(20)12-8-13-14(7-10(12)3)22-11(4)16(21)19(13)6-5-17/h7-9,11H,5-6,17H2,1-4H3,(H,18,20). The van der Waals surface area contributed by atoms with Crippen molar-refractivity contribution in [2.45, 2.75) is 43.9 Å². The van der Waals surface area contributed by atoms with E-state index in [2.05, 4.69) is 5.32 Å². The minimum atomic E-state index is -0.131. The van der Waals surface area contributed by atoms with E-state index >= 15 is 0 Å². The fourth-order valence-corrected chi connectivity index (χ4v) is 3.64. The molecule has 0 saturated carbocycles. The van der Waals surface area contributed by atoms with E-state index in [4.69, 9.17) is 5.73 Å². The summed E-state index contributed by atoms with van der Waals surface area (Å²) in [5.41, 5.74) is 7.95. The van der Waals surface area contributed by atoms with Crippen LogP contribution < -0.4 is 16.0 Å². The third-order valence-electron chi connectivity index (χ3n) is 3.53. The maximum atomic E-state index is 12.4. The maximum Gasteiger partial charge on any atom is 0.251 e. The molecular weight excluding hydrogens is 298 g/mol. The van der Waals surface area contributed by atoms with Gasteiger partial charge in [-0.2, -0.15) is 0 Å². The van der Waals surface area contributed by atoms with Crippen molar-refractivity contribution in [2.75, 3.05) is 18.0 Å². The molecule has 2 amide bonds. The maximum absolute atomic E-state index is 12.4. The highest BCUT2D eigenvalue weighted by Gasteiger charge is 2.31. The highest BCUT2D eigenvalue weighted by atomic mass is 32.2. The number of rotatable bonds is 4. The topological polar surface area (TPSA) is 75.4 Å². The summed E-state index contributed by atoms with van der Waals surface area (Å²) in [7, 11) is 0. The van der Waals surface area contributed by atoms with Gasteiger partial charge in [0, 0.05) is 29.6 Å². The first-order chi connectivity index (χ1) is 10.3. The lowest BCUT2D eigenvalue weighted by atomic mass is 10.1. The van der Waals surface area contributed by atoms with Crippen LogP contribution in [0.1, 0.15) is 36.7 Å². The number of hydrogen-bond acceptors (Lipinski definition) is 4. The molecule has 0 aliphatic carbocycles. The second-order valence-corrected chi connectivity index (χ2v) is 7.18. The quantitative estimate of drug-likeness (QED) is 0.888. The van der Waals surface area contributed by atoms with Gasteiger partial charge in [-0.25, -0.2) is 0 Å². The monoisotopic (exact) mass is 321 g/mol. The molecule has 1 aliphatic heterocycles. The predicted molar refractivity (Wildman–Crippen MR) is 90.5 cm³/mol. The molecular formula is C16H23N3O2S. The molecule has 2 rings (SSSR count). The SMILES string of the molecule is Cc1cc2c(cc1C(=O)NC(C)C)N(CCN)C(=O)C(C)S2. The summed E-state index contributed by atoms with van der Waals surface area (Å²) in [6.07, 6.45) is 0. The van der Waals surface area contributed by atoms with Crippen LogP contribution in [0.5, 0.6) is 0 Å². The lowest BCUT2D eigenvalue weighted by Gasteiger charge is -2.33. The van der Waals surface area contributed by atoms with Crippen molar-refractivity contribution in [1.29, 1.82) is 0 Å². The molecule has 3 N–H and O–H groups in total. The molecule has 22 heavy (non-hydrogen) atoms. The normalized spacial score (nSPS) is 17.6. The van der Waals surface area contributed by atoms with Gasteiger partial charge < -0.3 is 16.0 Å². The van der Waals surface area contributed by atoms with Crippen molar-refractivity contribution >= 4 is 29.3 Å². The number of hydrogen-bond donors (Lipinski definition) is 2. The first-order valence-corrected chi connectivity index (χ1v) is 8.36. The average Bonchev–Trinajstić information content (AvgIpc) is 2.42. The van der Waals surface area contributed by atoms with Gasteiger partial charge in [0.1, 0.15) is 0 Å². The number of benzene rings is 1. The van der Waals surface area contributed by atoms with Crippen LogP contribution in [-0.2, 0) is 4.79 Å². The van der Waals surface area contributed by atoms with Crippen LogP contribution in [0, 0.1) is 6.92 Å². The number of anilines is 1. The zero-order valence-electron chi connectivity index (χ0n) is 13.5. The lowest BCUT2D eigenvalue weighted by molar-refractivity contribution is -0.118. The van der Waals surface area contributed by atoms with E-state index in [1.165, 1.54) is 11.8 Å². The predicted octanol–water partition coefficient (Wildman–Crippen LogP) is 1.92. The van der Waals surface area contributed by atoms with Gasteiger partial charge in [0.05, 0.1) is 10.9 Å². The van der Waals surface area contributed by atoms with E-state index in [9.17, 15) is 9.59 Å². The summed E-state index contributed by atoms with van der Waals surface area (Å²) >= 11 is 1.53. The Morgan fingerprint density at radius 1 is 1.45 bits per heavy atom. The first kappa shape index (κ1) is 16.8. The van der Waals surface area contributed by atoms with Gasteiger partial charge >= 0.3 is 0 Å². The van der Waals surface area contributed by atoms with E-state index in [-0.39, 0.29) is 23.1 Å². The van der Waals surface area contributed by atoms with E-state index < -0.39 is 0 Å². The second-order valence-electron chi connectivity index (χ2n) is 5.80. The Bertz CT molecular complexity index is 601. The minimum Gasteiger partial charge on any atom is -0.350 e. The second kappa shape index (κ2) is 6.71. The summed E-state index contributed by atoms with van der Waals surface area (Å²) in [5.74, 6) is -0.0684. The fraction of sp³-hybridized carbons (Fsp3) is 0.500. The molecule has 0 bridgehead atoms. The molecule has 1 aromatic carbocycles. The number of carbonyl (C=O) groups excluding carboxylic acids is 2. The van der Waals surface area contributed by atoms with E-state index in [1.54, 1.807) is 4.90 Å². The molecule has 1 unspecified atom stereocenters. The molecule has 6 heteroatoms. The fourth-order valence-electron chi connectivity index (χ4n) is 2.50. The van der Waals surface area contributed by atoms with Crippen LogP contribution >= 0.6 is 11.8 Å². The van der Waals surface area contributed by atoms with Crippen molar-refractivity contribution in [2.24, 2.45) is 5.73 Å². The van der Waals surface area contributed by atoms with Crippen molar-refractivity contribution in [3.8, 4) is 0 Å². The molecule has 0 fully saturated rings. The van der Waals surface area contributed by atoms with Crippen molar-refractivity contribution in [3.63, 3.8) is 0 Å². The largest absolute Gasteiger partial charge is 0.350 e. The van der Waals surface area contributed by atoms with Gasteiger partial charge in [-0.15, -0.1) is 11.8 Å². The van der Waals surface area contributed by atoms with Gasteiger partial charge in [-0.05, 0) is 45.4 Å². The van der Waals surface area contributed by atoms with Gasteiger partial charge in [-0.1, -0.05) is 0 Å². The molecule has 0 radical (unpaired) electrons. The van der Waals surface area contributed by atoms with Gasteiger partial charge in [0.15, 0.2) is 0 Å². The van der Waals surface area contributed by atoms with Crippen LogP contribution in [0.15, 0.2) is 17.0 Å². The Balaban J connectivity index is 2.46. The molecule has 0 saturated heterocycles. The van der Waals surface area contributed by atoms with Crippen molar-refractivity contribution in [1.82, 2.24) is 5.32 Å². The summed E-state index contributed by atoms with van der Waals surface area (Å²) in [6, 6.07) is 3.87. The van der Waals surface area contributed by atoms with Crippen LogP contribution in [0.4, 0.5) is 5.69 Å². The lowest BCUT2D eigenvalue weighted by Crippen LogP contribution is -2.42. The summed E-state index contributed by atoms with van der Waals surface area (Å²) in [5, 5.41) is 2.77. The van der Waals surface area contributed by atoms with Gasteiger partial charge in [-0.3, -0.25) is 9.59 Å². The number of thioether (sulfide) groups is 1. The Hall–Kier alpha value is -1.53. The third kappa shape index (κ3) is 3.28. The van der Waals surface area contributed by atoms with Crippen LogP contribution in [0.2, 0.25) is 0 Å². The molecule has 0 aromatic heterocycles. The summed E-state index contributed by atoms with van der Waals surface area (Å²) < 4.78 is 0. The molecule has 1 aliphatic rings. The van der Waals surface area contributed by atoms with Crippen LogP contribution in [0.25, 0.3) is 0 Å². The number of carbonyl (C=O) groups is 2. The smallest absolute Gasteiger partial charge is 0.251 e. The van der Waals surface area contributed by atoms with E-state index in [0.29, 0.717) is 18.7 Å². The zero-order chi connectivity index (χ0) is 16.4.